The van der Waals surface area contributed by atoms with Crippen molar-refractivity contribution in [3.63, 3.8) is 0 Å². The number of rotatable bonds is 3. The highest BCUT2D eigenvalue weighted by atomic mass is 79.9. The molecule has 1 aromatic heterocycles. The molecule has 3 nitrogen and oxygen atoms in total. The van der Waals surface area contributed by atoms with Crippen molar-refractivity contribution in [1.29, 1.82) is 0 Å². The van der Waals surface area contributed by atoms with E-state index in [9.17, 15) is 0 Å². The summed E-state index contributed by atoms with van der Waals surface area (Å²) in [5, 5.41) is 1.09. The number of aryl methyl sites for hydroxylation is 2. The Morgan fingerprint density at radius 1 is 1.32 bits per heavy atom. The van der Waals surface area contributed by atoms with E-state index in [-0.39, 0.29) is 0 Å². The summed E-state index contributed by atoms with van der Waals surface area (Å²) >= 11 is 3.63. The van der Waals surface area contributed by atoms with Gasteiger partial charge in [0.15, 0.2) is 0 Å². The molecule has 0 aliphatic heterocycles. The molecule has 4 heteroatoms. The number of halogens is 1. The van der Waals surface area contributed by atoms with Gasteiger partial charge in [0, 0.05) is 15.6 Å². The fraction of sp³-hybridized carbons (Fsp3) is 0.400. The van der Waals surface area contributed by atoms with Crippen LogP contribution in [0.4, 0.5) is 5.69 Å². The lowest BCUT2D eigenvalue weighted by Crippen LogP contribution is -2.10. The first-order valence-electron chi connectivity index (χ1n) is 6.50. The standard InChI is InChI=1S/C15H20BrN3/c1-8(2)5-11-7-13(19-17)14-10(4)15(16)9(3)6-12(14)18-11/h6-8H,5,17H2,1-4H3,(H,18,19). The first kappa shape index (κ1) is 14.3. The number of nitrogens with zero attached hydrogens (tertiary/aromatic N) is 1. The summed E-state index contributed by atoms with van der Waals surface area (Å²) in [4.78, 5) is 4.77. The number of hydrogen-bond donors (Lipinski definition) is 2. The van der Waals surface area contributed by atoms with Crippen LogP contribution in [0.3, 0.4) is 0 Å². The molecule has 3 N–H and O–H groups in total. The third-order valence-electron chi connectivity index (χ3n) is 3.28. The predicted molar refractivity (Wildman–Crippen MR) is 85.3 cm³/mol. The Morgan fingerprint density at radius 2 is 2.00 bits per heavy atom. The second-order valence-electron chi connectivity index (χ2n) is 5.43. The van der Waals surface area contributed by atoms with Crippen LogP contribution in [0.15, 0.2) is 16.6 Å². The van der Waals surface area contributed by atoms with Crippen molar-refractivity contribution in [3.8, 4) is 0 Å². The summed E-state index contributed by atoms with van der Waals surface area (Å²) in [7, 11) is 0. The molecular formula is C15H20BrN3. The summed E-state index contributed by atoms with van der Waals surface area (Å²) in [6.45, 7) is 8.56. The van der Waals surface area contributed by atoms with E-state index in [0.717, 1.165) is 33.2 Å². The molecule has 1 aromatic carbocycles. The minimum atomic E-state index is 0.577. The van der Waals surface area contributed by atoms with E-state index in [1.165, 1.54) is 11.1 Å². The lowest BCUT2D eigenvalue weighted by molar-refractivity contribution is 0.637. The molecule has 1 heterocycles. The largest absolute Gasteiger partial charge is 0.323 e. The minimum absolute atomic E-state index is 0.577. The van der Waals surface area contributed by atoms with E-state index in [1.54, 1.807) is 0 Å². The van der Waals surface area contributed by atoms with Gasteiger partial charge in [-0.1, -0.05) is 29.8 Å². The first-order chi connectivity index (χ1) is 8.93. The number of nitrogen functional groups attached to an aromatic ring is 1. The van der Waals surface area contributed by atoms with Crippen LogP contribution in [0.5, 0.6) is 0 Å². The molecule has 19 heavy (non-hydrogen) atoms. The Kier molecular flexibility index (Phi) is 4.11. The van der Waals surface area contributed by atoms with Gasteiger partial charge in [-0.2, -0.15) is 0 Å². The molecule has 0 spiro atoms. The first-order valence-corrected chi connectivity index (χ1v) is 7.29. The second kappa shape index (κ2) is 5.47. The smallest absolute Gasteiger partial charge is 0.0732 e. The van der Waals surface area contributed by atoms with Gasteiger partial charge >= 0.3 is 0 Å². The number of hydrogen-bond acceptors (Lipinski definition) is 3. The van der Waals surface area contributed by atoms with Gasteiger partial charge in [-0.15, -0.1) is 0 Å². The van der Waals surface area contributed by atoms with Gasteiger partial charge in [-0.05, 0) is 49.4 Å². The number of pyridine rings is 1. The molecule has 0 aliphatic rings. The SMILES string of the molecule is Cc1cc2nc(CC(C)C)cc(NN)c2c(C)c1Br. The number of anilines is 1. The molecule has 2 rings (SSSR count). The average molecular weight is 322 g/mol. The summed E-state index contributed by atoms with van der Waals surface area (Å²) in [6.07, 6.45) is 0.957. The van der Waals surface area contributed by atoms with Crippen molar-refractivity contribution in [2.75, 3.05) is 5.43 Å². The predicted octanol–water partition coefficient (Wildman–Crippen LogP) is 4.10. The molecule has 0 atom stereocenters. The van der Waals surface area contributed by atoms with Crippen LogP contribution in [0.25, 0.3) is 10.9 Å². The lowest BCUT2D eigenvalue weighted by Gasteiger charge is -2.14. The van der Waals surface area contributed by atoms with Crippen molar-refractivity contribution in [1.82, 2.24) is 4.98 Å². The Bertz CT molecular complexity index is 621. The minimum Gasteiger partial charge on any atom is -0.323 e. The fourth-order valence-electron chi connectivity index (χ4n) is 2.43. The van der Waals surface area contributed by atoms with Gasteiger partial charge in [-0.25, -0.2) is 0 Å². The normalized spacial score (nSPS) is 11.3. The molecule has 0 unspecified atom stereocenters. The van der Waals surface area contributed by atoms with E-state index in [2.05, 4.69) is 61.2 Å². The van der Waals surface area contributed by atoms with Crippen molar-refractivity contribution < 1.29 is 0 Å². The van der Waals surface area contributed by atoms with Gasteiger partial charge in [0.25, 0.3) is 0 Å². The summed E-state index contributed by atoms with van der Waals surface area (Å²) < 4.78 is 1.12. The van der Waals surface area contributed by atoms with Crippen molar-refractivity contribution in [2.24, 2.45) is 11.8 Å². The molecule has 0 fully saturated rings. The molecular weight excluding hydrogens is 302 g/mol. The van der Waals surface area contributed by atoms with Crippen LogP contribution in [-0.4, -0.2) is 4.98 Å². The maximum Gasteiger partial charge on any atom is 0.0732 e. The second-order valence-corrected chi connectivity index (χ2v) is 6.22. The third kappa shape index (κ3) is 2.74. The molecule has 102 valence electrons. The fourth-order valence-corrected chi connectivity index (χ4v) is 2.74. The molecule has 0 amide bonds. The Labute approximate surface area is 122 Å². The number of fused-ring (bicyclic) bond motifs is 1. The van der Waals surface area contributed by atoms with Crippen molar-refractivity contribution in [3.05, 3.63) is 33.4 Å². The third-order valence-corrected chi connectivity index (χ3v) is 4.50. The summed E-state index contributed by atoms with van der Waals surface area (Å²) in [6, 6.07) is 4.16. The molecule has 0 saturated heterocycles. The van der Waals surface area contributed by atoms with E-state index >= 15 is 0 Å². The molecule has 0 bridgehead atoms. The van der Waals surface area contributed by atoms with Crippen LogP contribution in [0.2, 0.25) is 0 Å². The van der Waals surface area contributed by atoms with Gasteiger partial charge < -0.3 is 5.43 Å². The van der Waals surface area contributed by atoms with E-state index < -0.39 is 0 Å². The van der Waals surface area contributed by atoms with Crippen LogP contribution < -0.4 is 11.3 Å². The van der Waals surface area contributed by atoms with E-state index in [4.69, 9.17) is 10.8 Å². The summed E-state index contributed by atoms with van der Waals surface area (Å²) in [5.41, 5.74) is 8.21. The van der Waals surface area contributed by atoms with Gasteiger partial charge in [-0.3, -0.25) is 10.8 Å². The quantitative estimate of drug-likeness (QED) is 0.661. The Hall–Kier alpha value is -1.13. The maximum atomic E-state index is 5.68. The molecule has 0 aliphatic carbocycles. The summed E-state index contributed by atoms with van der Waals surface area (Å²) in [5.74, 6) is 6.26. The highest BCUT2D eigenvalue weighted by Crippen LogP contribution is 2.33. The highest BCUT2D eigenvalue weighted by molar-refractivity contribution is 9.10. The number of benzene rings is 1. The van der Waals surface area contributed by atoms with Crippen LogP contribution >= 0.6 is 15.9 Å². The number of aromatic nitrogens is 1. The van der Waals surface area contributed by atoms with Gasteiger partial charge in [0.05, 0.1) is 11.2 Å². The Morgan fingerprint density at radius 3 is 2.58 bits per heavy atom. The van der Waals surface area contributed by atoms with Crippen LogP contribution in [-0.2, 0) is 6.42 Å². The lowest BCUT2D eigenvalue weighted by atomic mass is 10.0. The number of nitrogens with two attached hydrogens (primary N) is 1. The van der Waals surface area contributed by atoms with Gasteiger partial charge in [0.1, 0.15) is 0 Å². The molecule has 2 aromatic rings. The van der Waals surface area contributed by atoms with E-state index in [0.29, 0.717) is 5.92 Å². The monoisotopic (exact) mass is 321 g/mol. The molecule has 0 saturated carbocycles. The average Bonchev–Trinajstić information content (AvgIpc) is 2.34. The van der Waals surface area contributed by atoms with Crippen LogP contribution in [0, 0.1) is 19.8 Å². The van der Waals surface area contributed by atoms with Gasteiger partial charge in [0.2, 0.25) is 0 Å². The zero-order chi connectivity index (χ0) is 14.2. The van der Waals surface area contributed by atoms with Crippen molar-refractivity contribution in [2.45, 2.75) is 34.1 Å². The van der Waals surface area contributed by atoms with E-state index in [1.807, 2.05) is 0 Å². The Balaban J connectivity index is 2.73. The zero-order valence-corrected chi connectivity index (χ0v) is 13.4. The highest BCUT2D eigenvalue weighted by Gasteiger charge is 2.12. The van der Waals surface area contributed by atoms with Crippen molar-refractivity contribution >= 4 is 32.5 Å². The topological polar surface area (TPSA) is 50.9 Å². The zero-order valence-electron chi connectivity index (χ0n) is 11.8. The number of hydrazine groups is 1. The molecule has 0 radical (unpaired) electrons. The number of nitrogens with one attached hydrogen (secondary N) is 1. The van der Waals surface area contributed by atoms with Crippen LogP contribution in [0.1, 0.15) is 30.7 Å². The maximum absolute atomic E-state index is 5.68.